The van der Waals surface area contributed by atoms with Crippen molar-refractivity contribution in [2.45, 2.75) is 13.8 Å². The van der Waals surface area contributed by atoms with Crippen LogP contribution in [-0.4, -0.2) is 41.3 Å². The van der Waals surface area contributed by atoms with Gasteiger partial charge in [-0.1, -0.05) is 13.8 Å². The Kier molecular flexibility index (Phi) is 4.87. The lowest BCUT2D eigenvalue weighted by Crippen LogP contribution is -2.27. The minimum absolute atomic E-state index is 0.522. The van der Waals surface area contributed by atoms with Crippen molar-refractivity contribution >= 4 is 39.3 Å². The number of halogens is 1. The van der Waals surface area contributed by atoms with E-state index < -0.39 is 0 Å². The van der Waals surface area contributed by atoms with Crippen LogP contribution in [0, 0.1) is 3.57 Å². The number of aromatic amines is 1. The number of hydrogen-bond donors (Lipinski definition) is 2. The lowest BCUT2D eigenvalue weighted by atomic mass is 10.2. The molecule has 0 atom stereocenters. The number of hydrogen-bond acceptors (Lipinski definition) is 4. The highest BCUT2D eigenvalue weighted by atomic mass is 127. The summed E-state index contributed by atoms with van der Waals surface area (Å²) in [6.45, 7) is 7.97. The van der Waals surface area contributed by atoms with Crippen molar-refractivity contribution in [3.05, 3.63) is 15.7 Å². The Hall–Kier alpha value is -1.02. The van der Waals surface area contributed by atoms with Crippen LogP contribution in [0.3, 0.4) is 0 Å². The molecule has 0 saturated carbocycles. The van der Waals surface area contributed by atoms with Gasteiger partial charge in [-0.3, -0.25) is 5.10 Å². The van der Waals surface area contributed by atoms with Crippen molar-refractivity contribution in [1.82, 2.24) is 15.1 Å². The monoisotopic (exact) mass is 374 g/mol. The van der Waals surface area contributed by atoms with Crippen LogP contribution < -0.4 is 10.5 Å². The van der Waals surface area contributed by atoms with Crippen LogP contribution >= 0.6 is 22.6 Å². The quantitative estimate of drug-likeness (QED) is 0.763. The number of nitrogen functional groups attached to an aromatic ring is 1. The zero-order chi connectivity index (χ0) is 13.8. The molecule has 5 nitrogen and oxygen atoms in total. The molecular weight excluding hydrogens is 355 g/mol. The Morgan fingerprint density at radius 3 is 2.79 bits per heavy atom. The first-order valence-corrected chi connectivity index (χ1v) is 7.52. The summed E-state index contributed by atoms with van der Waals surface area (Å²) in [6, 6.07) is 3.96. The number of rotatable bonds is 6. The third kappa shape index (κ3) is 3.11. The van der Waals surface area contributed by atoms with Crippen LogP contribution in [0.2, 0.25) is 0 Å². The normalized spacial score (nSPS) is 11.4. The van der Waals surface area contributed by atoms with Gasteiger partial charge < -0.3 is 15.4 Å². The first-order chi connectivity index (χ1) is 9.17. The average Bonchev–Trinajstić information content (AvgIpc) is 2.80. The van der Waals surface area contributed by atoms with E-state index in [2.05, 4.69) is 51.5 Å². The highest BCUT2D eigenvalue weighted by Crippen LogP contribution is 2.31. The highest BCUT2D eigenvalue weighted by Gasteiger charge is 2.11. The fraction of sp³-hybridized carbons (Fsp3) is 0.462. The van der Waals surface area contributed by atoms with Gasteiger partial charge in [-0.05, 0) is 47.8 Å². The molecule has 2 aromatic rings. The van der Waals surface area contributed by atoms with E-state index in [1.807, 2.05) is 12.1 Å². The van der Waals surface area contributed by atoms with E-state index in [0.29, 0.717) is 12.4 Å². The van der Waals surface area contributed by atoms with Crippen molar-refractivity contribution in [1.29, 1.82) is 0 Å². The van der Waals surface area contributed by atoms with Gasteiger partial charge in [0, 0.05) is 10.1 Å². The molecule has 1 aromatic heterocycles. The summed E-state index contributed by atoms with van der Waals surface area (Å²) in [7, 11) is 0. The molecule has 0 radical (unpaired) electrons. The number of H-pyrrole nitrogens is 1. The van der Waals surface area contributed by atoms with E-state index in [1.165, 1.54) is 0 Å². The molecule has 0 amide bonds. The molecule has 3 N–H and O–H groups in total. The second kappa shape index (κ2) is 6.42. The van der Waals surface area contributed by atoms with Gasteiger partial charge in [0.05, 0.1) is 5.39 Å². The molecule has 1 aromatic carbocycles. The van der Waals surface area contributed by atoms with Gasteiger partial charge in [-0.15, -0.1) is 0 Å². The summed E-state index contributed by atoms with van der Waals surface area (Å²) in [4.78, 5) is 2.32. The standard InChI is InChI=1S/C13H19IN4O/c1-3-18(4-2)7-8-19-10-6-5-9(14)11-12(10)16-17-13(11)15/h5-6H,3-4,7-8H2,1-2H3,(H3,15,16,17). The number of nitrogens with one attached hydrogen (secondary N) is 1. The molecule has 0 unspecified atom stereocenters. The van der Waals surface area contributed by atoms with E-state index in [1.54, 1.807) is 0 Å². The molecule has 104 valence electrons. The molecule has 0 fully saturated rings. The Morgan fingerprint density at radius 1 is 1.37 bits per heavy atom. The summed E-state index contributed by atoms with van der Waals surface area (Å²) in [5, 5.41) is 7.94. The lowest BCUT2D eigenvalue weighted by molar-refractivity contribution is 0.224. The van der Waals surface area contributed by atoms with Gasteiger partial charge in [0.1, 0.15) is 17.9 Å². The molecule has 0 bridgehead atoms. The SMILES string of the molecule is CCN(CC)CCOc1ccc(I)c2c(N)n[nH]c12. The number of aromatic nitrogens is 2. The molecule has 0 saturated heterocycles. The Balaban J connectivity index is 2.11. The predicted molar refractivity (Wildman–Crippen MR) is 86.5 cm³/mol. The van der Waals surface area contributed by atoms with Crippen molar-refractivity contribution in [3.8, 4) is 5.75 Å². The lowest BCUT2D eigenvalue weighted by Gasteiger charge is -2.18. The topological polar surface area (TPSA) is 67.2 Å². The summed E-state index contributed by atoms with van der Waals surface area (Å²) in [6.07, 6.45) is 0. The molecule has 0 spiro atoms. The van der Waals surface area contributed by atoms with Gasteiger partial charge >= 0.3 is 0 Å². The first kappa shape index (κ1) is 14.4. The van der Waals surface area contributed by atoms with Gasteiger partial charge in [0.2, 0.25) is 0 Å². The molecule has 19 heavy (non-hydrogen) atoms. The van der Waals surface area contributed by atoms with Crippen LogP contribution in [0.4, 0.5) is 5.82 Å². The molecule has 2 rings (SSSR count). The summed E-state index contributed by atoms with van der Waals surface area (Å²) >= 11 is 2.25. The van der Waals surface area contributed by atoms with Crippen LogP contribution in [0.15, 0.2) is 12.1 Å². The van der Waals surface area contributed by atoms with E-state index in [-0.39, 0.29) is 0 Å². The molecule has 0 aliphatic carbocycles. The maximum absolute atomic E-state index is 5.85. The molecule has 0 aliphatic rings. The van der Waals surface area contributed by atoms with E-state index >= 15 is 0 Å². The largest absolute Gasteiger partial charge is 0.490 e. The molecular formula is C13H19IN4O. The van der Waals surface area contributed by atoms with Crippen molar-refractivity contribution in [3.63, 3.8) is 0 Å². The van der Waals surface area contributed by atoms with Crippen molar-refractivity contribution < 1.29 is 4.74 Å². The highest BCUT2D eigenvalue weighted by molar-refractivity contribution is 14.1. The number of fused-ring (bicyclic) bond motifs is 1. The van der Waals surface area contributed by atoms with E-state index in [0.717, 1.165) is 39.9 Å². The van der Waals surface area contributed by atoms with Crippen LogP contribution in [0.1, 0.15) is 13.8 Å². The summed E-state index contributed by atoms with van der Waals surface area (Å²) in [5.74, 6) is 1.33. The van der Waals surface area contributed by atoms with Gasteiger partial charge in [0.15, 0.2) is 5.82 Å². The number of likely N-dealkylation sites (N-methyl/N-ethyl adjacent to an activating group) is 1. The van der Waals surface area contributed by atoms with Crippen LogP contribution in [0.25, 0.3) is 10.9 Å². The smallest absolute Gasteiger partial charge is 0.154 e. The van der Waals surface area contributed by atoms with Crippen molar-refractivity contribution in [2.24, 2.45) is 0 Å². The van der Waals surface area contributed by atoms with Crippen LogP contribution in [-0.2, 0) is 0 Å². The molecule has 1 heterocycles. The van der Waals surface area contributed by atoms with Gasteiger partial charge in [-0.25, -0.2) is 0 Å². The fourth-order valence-corrected chi connectivity index (χ4v) is 2.76. The predicted octanol–water partition coefficient (Wildman–Crippen LogP) is 2.47. The average molecular weight is 374 g/mol. The number of nitrogens with two attached hydrogens (primary N) is 1. The number of nitrogens with zero attached hydrogens (tertiary/aromatic N) is 2. The fourth-order valence-electron chi connectivity index (χ4n) is 2.04. The minimum Gasteiger partial charge on any atom is -0.490 e. The number of anilines is 1. The Bertz CT molecular complexity index is 551. The van der Waals surface area contributed by atoms with Crippen molar-refractivity contribution in [2.75, 3.05) is 32.0 Å². The maximum atomic E-state index is 5.85. The second-order valence-corrected chi connectivity index (χ2v) is 5.44. The minimum atomic E-state index is 0.522. The zero-order valence-corrected chi connectivity index (χ0v) is 13.4. The summed E-state index contributed by atoms with van der Waals surface area (Å²) in [5.41, 5.74) is 6.73. The molecule has 6 heteroatoms. The Morgan fingerprint density at radius 2 is 2.11 bits per heavy atom. The van der Waals surface area contributed by atoms with Crippen LogP contribution in [0.5, 0.6) is 5.75 Å². The molecule has 0 aliphatic heterocycles. The second-order valence-electron chi connectivity index (χ2n) is 4.28. The zero-order valence-electron chi connectivity index (χ0n) is 11.2. The van der Waals surface area contributed by atoms with Gasteiger partial charge in [-0.2, -0.15) is 5.10 Å². The third-order valence-electron chi connectivity index (χ3n) is 3.22. The Labute approximate surface area is 126 Å². The van der Waals surface area contributed by atoms with E-state index in [9.17, 15) is 0 Å². The summed E-state index contributed by atoms with van der Waals surface area (Å²) < 4.78 is 6.93. The van der Waals surface area contributed by atoms with Gasteiger partial charge in [0.25, 0.3) is 0 Å². The maximum Gasteiger partial charge on any atom is 0.154 e. The number of ether oxygens (including phenoxy) is 1. The third-order valence-corrected chi connectivity index (χ3v) is 4.12. The number of benzene rings is 1. The van der Waals surface area contributed by atoms with E-state index in [4.69, 9.17) is 10.5 Å². The first-order valence-electron chi connectivity index (χ1n) is 6.44.